The van der Waals surface area contributed by atoms with Gasteiger partial charge in [-0.3, -0.25) is 0 Å². The summed E-state index contributed by atoms with van der Waals surface area (Å²) in [5.41, 5.74) is 3.83. The van der Waals surface area contributed by atoms with E-state index in [1.54, 1.807) is 0 Å². The molecule has 3 rings (SSSR count). The van der Waals surface area contributed by atoms with Gasteiger partial charge in [0, 0.05) is 0 Å². The lowest BCUT2D eigenvalue weighted by atomic mass is 10.0. The van der Waals surface area contributed by atoms with E-state index in [-0.39, 0.29) is 4.83 Å². The Morgan fingerprint density at radius 1 is 0.810 bits per heavy atom. The molecule has 1 atom stereocenters. The van der Waals surface area contributed by atoms with Crippen molar-refractivity contribution in [2.45, 2.75) is 11.2 Å². The number of alkyl halides is 1. The Labute approximate surface area is 141 Å². The van der Waals surface area contributed by atoms with E-state index in [2.05, 4.69) is 80.4 Å². The highest BCUT2D eigenvalue weighted by molar-refractivity contribution is 9.10. The Kier molecular flexibility index (Phi) is 4.61. The second kappa shape index (κ2) is 6.63. The first-order valence-corrected chi connectivity index (χ1v) is 8.45. The van der Waals surface area contributed by atoms with Crippen molar-refractivity contribution in [3.05, 3.63) is 93.9 Å². The molecule has 21 heavy (non-hydrogen) atoms. The van der Waals surface area contributed by atoms with Gasteiger partial charge >= 0.3 is 0 Å². The van der Waals surface area contributed by atoms with E-state index in [0.29, 0.717) is 0 Å². The summed E-state index contributed by atoms with van der Waals surface area (Å²) in [4.78, 5) is 0.0783. The lowest BCUT2D eigenvalue weighted by Gasteiger charge is -2.09. The number of furan rings is 1. The second-order valence-electron chi connectivity index (χ2n) is 4.91. The van der Waals surface area contributed by atoms with Gasteiger partial charge in [-0.15, -0.1) is 0 Å². The van der Waals surface area contributed by atoms with Crippen LogP contribution in [0, 0.1) is 0 Å². The number of rotatable bonds is 4. The van der Waals surface area contributed by atoms with Gasteiger partial charge in [0.05, 0.1) is 4.83 Å². The molecule has 0 saturated heterocycles. The molecule has 0 fully saturated rings. The summed E-state index contributed by atoms with van der Waals surface area (Å²) in [5, 5.41) is 0. The van der Waals surface area contributed by atoms with Crippen LogP contribution in [0.15, 0.2) is 75.8 Å². The van der Waals surface area contributed by atoms with Crippen LogP contribution >= 0.6 is 31.9 Å². The molecule has 0 aliphatic heterocycles. The predicted molar refractivity (Wildman–Crippen MR) is 92.9 cm³/mol. The lowest BCUT2D eigenvalue weighted by molar-refractivity contribution is 0.497. The zero-order chi connectivity index (χ0) is 14.7. The molecule has 3 aromatic rings. The molecule has 0 spiro atoms. The van der Waals surface area contributed by atoms with E-state index in [9.17, 15) is 0 Å². The lowest BCUT2D eigenvalue weighted by Crippen LogP contribution is -1.92. The quantitative estimate of drug-likeness (QED) is 0.476. The highest BCUT2D eigenvalue weighted by Gasteiger charge is 2.14. The average Bonchev–Trinajstić information content (AvgIpc) is 2.95. The average molecular weight is 406 g/mol. The van der Waals surface area contributed by atoms with E-state index in [1.807, 2.05) is 18.2 Å². The van der Waals surface area contributed by atoms with Crippen molar-refractivity contribution in [1.29, 1.82) is 0 Å². The molecular weight excluding hydrogens is 392 g/mol. The molecule has 0 N–H and O–H groups in total. The van der Waals surface area contributed by atoms with Gasteiger partial charge in [-0.1, -0.05) is 70.5 Å². The fraction of sp³-hybridized carbons (Fsp3) is 0.111. The van der Waals surface area contributed by atoms with Crippen molar-refractivity contribution in [2.24, 2.45) is 0 Å². The van der Waals surface area contributed by atoms with Crippen LogP contribution in [0.1, 0.15) is 27.3 Å². The van der Waals surface area contributed by atoms with Crippen LogP contribution in [0.4, 0.5) is 0 Å². The molecule has 0 saturated carbocycles. The first-order chi connectivity index (χ1) is 10.2. The van der Waals surface area contributed by atoms with E-state index >= 15 is 0 Å². The molecule has 0 aliphatic rings. The minimum atomic E-state index is 0.0783. The molecule has 1 aromatic heterocycles. The van der Waals surface area contributed by atoms with Gasteiger partial charge in [0.25, 0.3) is 0 Å². The minimum absolute atomic E-state index is 0.0783. The van der Waals surface area contributed by atoms with Crippen molar-refractivity contribution in [1.82, 2.24) is 0 Å². The minimum Gasteiger partial charge on any atom is -0.453 e. The normalized spacial score (nSPS) is 12.3. The molecular formula is C18H14Br2O. The molecule has 0 amide bonds. The van der Waals surface area contributed by atoms with Gasteiger partial charge in [0.2, 0.25) is 0 Å². The first-order valence-electron chi connectivity index (χ1n) is 6.74. The molecule has 0 bridgehead atoms. The van der Waals surface area contributed by atoms with Gasteiger partial charge in [-0.25, -0.2) is 0 Å². The standard InChI is InChI=1S/C18H14Br2O/c19-17-11-10-16(21-17)18(20)15-8-6-14(7-9-15)12-13-4-2-1-3-5-13/h1-11,18H,12H2. The molecule has 2 aromatic carbocycles. The fourth-order valence-electron chi connectivity index (χ4n) is 2.26. The molecule has 0 radical (unpaired) electrons. The zero-order valence-corrected chi connectivity index (χ0v) is 14.5. The van der Waals surface area contributed by atoms with E-state index in [4.69, 9.17) is 4.42 Å². The van der Waals surface area contributed by atoms with Crippen LogP contribution in [0.2, 0.25) is 0 Å². The van der Waals surface area contributed by atoms with E-state index in [0.717, 1.165) is 16.9 Å². The number of benzene rings is 2. The van der Waals surface area contributed by atoms with Gasteiger partial charge in [0.15, 0.2) is 4.67 Å². The predicted octanol–water partition coefficient (Wildman–Crippen LogP) is 6.12. The fourth-order valence-corrected chi connectivity index (χ4v) is 3.14. The maximum atomic E-state index is 5.60. The number of hydrogen-bond donors (Lipinski definition) is 0. The smallest absolute Gasteiger partial charge is 0.169 e. The first kappa shape index (κ1) is 14.6. The Balaban J connectivity index is 1.75. The molecule has 1 unspecified atom stereocenters. The van der Waals surface area contributed by atoms with Crippen molar-refractivity contribution in [3.63, 3.8) is 0 Å². The third kappa shape index (κ3) is 3.66. The second-order valence-corrected chi connectivity index (χ2v) is 6.61. The molecule has 0 aliphatic carbocycles. The van der Waals surface area contributed by atoms with Gasteiger partial charge in [0.1, 0.15) is 5.76 Å². The summed E-state index contributed by atoms with van der Waals surface area (Å²) < 4.78 is 6.35. The SMILES string of the molecule is Brc1ccc(C(Br)c2ccc(Cc3ccccc3)cc2)o1. The summed E-state index contributed by atoms with van der Waals surface area (Å²) in [6.45, 7) is 0. The van der Waals surface area contributed by atoms with Crippen LogP contribution < -0.4 is 0 Å². The van der Waals surface area contributed by atoms with E-state index in [1.165, 1.54) is 16.7 Å². The van der Waals surface area contributed by atoms with Crippen LogP contribution in [-0.2, 0) is 6.42 Å². The summed E-state index contributed by atoms with van der Waals surface area (Å²) in [6, 6.07) is 23.0. The summed E-state index contributed by atoms with van der Waals surface area (Å²) in [7, 11) is 0. The molecule has 1 heterocycles. The monoisotopic (exact) mass is 404 g/mol. The van der Waals surface area contributed by atoms with Crippen LogP contribution in [-0.4, -0.2) is 0 Å². The zero-order valence-electron chi connectivity index (χ0n) is 11.3. The Morgan fingerprint density at radius 2 is 1.48 bits per heavy atom. The summed E-state index contributed by atoms with van der Waals surface area (Å²) in [6.07, 6.45) is 0.959. The maximum absolute atomic E-state index is 5.60. The van der Waals surface area contributed by atoms with Crippen molar-refractivity contribution in [3.8, 4) is 0 Å². The third-order valence-electron chi connectivity index (χ3n) is 3.37. The Bertz CT molecular complexity index is 702. The summed E-state index contributed by atoms with van der Waals surface area (Å²) in [5.74, 6) is 0.901. The van der Waals surface area contributed by atoms with Gasteiger partial charge in [-0.05, 0) is 51.2 Å². The Hall–Kier alpha value is -1.32. The van der Waals surface area contributed by atoms with Crippen LogP contribution in [0.3, 0.4) is 0 Å². The maximum Gasteiger partial charge on any atom is 0.169 e. The molecule has 106 valence electrons. The topological polar surface area (TPSA) is 13.1 Å². The van der Waals surface area contributed by atoms with Gasteiger partial charge in [-0.2, -0.15) is 0 Å². The number of hydrogen-bond acceptors (Lipinski definition) is 1. The van der Waals surface area contributed by atoms with Crippen LogP contribution in [0.25, 0.3) is 0 Å². The third-order valence-corrected chi connectivity index (χ3v) is 4.77. The van der Waals surface area contributed by atoms with E-state index < -0.39 is 0 Å². The Morgan fingerprint density at radius 3 is 2.10 bits per heavy atom. The van der Waals surface area contributed by atoms with Crippen molar-refractivity contribution < 1.29 is 4.42 Å². The summed E-state index contributed by atoms with van der Waals surface area (Å²) >= 11 is 7.02. The van der Waals surface area contributed by atoms with Gasteiger partial charge < -0.3 is 4.42 Å². The van der Waals surface area contributed by atoms with Crippen molar-refractivity contribution in [2.75, 3.05) is 0 Å². The van der Waals surface area contributed by atoms with Crippen molar-refractivity contribution >= 4 is 31.9 Å². The highest BCUT2D eigenvalue weighted by atomic mass is 79.9. The van der Waals surface area contributed by atoms with Crippen LogP contribution in [0.5, 0.6) is 0 Å². The molecule has 3 heteroatoms. The molecule has 1 nitrogen and oxygen atoms in total. The number of halogens is 2. The largest absolute Gasteiger partial charge is 0.453 e. The highest BCUT2D eigenvalue weighted by Crippen LogP contribution is 2.33.